The lowest BCUT2D eigenvalue weighted by Gasteiger charge is -2.35. The minimum atomic E-state index is -0.324. The maximum atomic E-state index is 11.9. The van der Waals surface area contributed by atoms with Gasteiger partial charge < -0.3 is 24.6 Å². The Bertz CT molecular complexity index is 1160. The molecule has 10 heteroatoms. The number of benzene rings is 2. The van der Waals surface area contributed by atoms with Crippen LogP contribution in [0.25, 0.3) is 10.9 Å². The number of aromatic nitrogens is 2. The van der Waals surface area contributed by atoms with Gasteiger partial charge in [0.25, 0.3) is 5.69 Å². The third-order valence-electron chi connectivity index (χ3n) is 5.99. The normalized spacial score (nSPS) is 15.8. The van der Waals surface area contributed by atoms with Crippen molar-refractivity contribution in [1.29, 1.82) is 0 Å². The van der Waals surface area contributed by atoms with E-state index in [-0.39, 0.29) is 17.4 Å². The SMILES string of the molecule is CCN1CCN(c2cc3ncnc(NCc4ccc5c(c4)OCO5)c3cc2[N+](=O)[O-])CC1. The molecule has 0 radical (unpaired) electrons. The molecule has 3 aromatic rings. The zero-order valence-electron chi connectivity index (χ0n) is 17.8. The summed E-state index contributed by atoms with van der Waals surface area (Å²) in [7, 11) is 0. The van der Waals surface area contributed by atoms with Gasteiger partial charge in [0, 0.05) is 44.2 Å². The molecule has 2 aromatic carbocycles. The Hall–Kier alpha value is -3.66. The topological polar surface area (TPSA) is 106 Å². The van der Waals surface area contributed by atoms with Gasteiger partial charge in [-0.3, -0.25) is 10.1 Å². The summed E-state index contributed by atoms with van der Waals surface area (Å²) in [5.74, 6) is 1.99. The van der Waals surface area contributed by atoms with Gasteiger partial charge in [-0.25, -0.2) is 9.97 Å². The fourth-order valence-corrected chi connectivity index (χ4v) is 4.16. The fourth-order valence-electron chi connectivity index (χ4n) is 4.16. The summed E-state index contributed by atoms with van der Waals surface area (Å²) in [6, 6.07) is 9.11. The van der Waals surface area contributed by atoms with Crippen molar-refractivity contribution in [3.8, 4) is 11.5 Å². The van der Waals surface area contributed by atoms with E-state index in [0.717, 1.165) is 44.0 Å². The molecule has 5 rings (SSSR count). The molecule has 0 saturated carbocycles. The number of nitrogens with one attached hydrogen (secondary N) is 1. The Morgan fingerprint density at radius 2 is 1.91 bits per heavy atom. The van der Waals surface area contributed by atoms with Crippen molar-refractivity contribution in [3.05, 3.63) is 52.3 Å². The predicted octanol–water partition coefficient (Wildman–Crippen LogP) is 3.02. The highest BCUT2D eigenvalue weighted by Crippen LogP contribution is 2.36. The molecule has 0 bridgehead atoms. The van der Waals surface area contributed by atoms with E-state index in [2.05, 4.69) is 32.0 Å². The number of rotatable bonds is 6. The first-order valence-electron chi connectivity index (χ1n) is 10.6. The largest absolute Gasteiger partial charge is 0.454 e. The van der Waals surface area contributed by atoms with Crippen molar-refractivity contribution < 1.29 is 14.4 Å². The number of hydrogen-bond donors (Lipinski definition) is 1. The second-order valence-electron chi connectivity index (χ2n) is 7.80. The van der Waals surface area contributed by atoms with Crippen LogP contribution in [0.3, 0.4) is 0 Å². The van der Waals surface area contributed by atoms with E-state index in [1.165, 1.54) is 6.33 Å². The number of piperazine rings is 1. The van der Waals surface area contributed by atoms with Gasteiger partial charge in [-0.1, -0.05) is 13.0 Å². The van der Waals surface area contributed by atoms with Crippen molar-refractivity contribution in [2.24, 2.45) is 0 Å². The first-order valence-corrected chi connectivity index (χ1v) is 10.6. The Labute approximate surface area is 184 Å². The van der Waals surface area contributed by atoms with Crippen LogP contribution in [0, 0.1) is 10.1 Å². The van der Waals surface area contributed by atoms with Crippen molar-refractivity contribution in [2.45, 2.75) is 13.5 Å². The van der Waals surface area contributed by atoms with Gasteiger partial charge in [-0.2, -0.15) is 0 Å². The van der Waals surface area contributed by atoms with Gasteiger partial charge >= 0.3 is 0 Å². The molecule has 32 heavy (non-hydrogen) atoms. The van der Waals surface area contributed by atoms with Gasteiger partial charge in [-0.05, 0) is 30.3 Å². The number of nitro groups is 1. The Kier molecular flexibility index (Phi) is 5.36. The number of likely N-dealkylation sites (N-methyl/N-ethyl adjacent to an activating group) is 1. The summed E-state index contributed by atoms with van der Waals surface area (Å²) in [6.07, 6.45) is 1.48. The first kappa shape index (κ1) is 20.3. The number of nitro benzene ring substituents is 1. The van der Waals surface area contributed by atoms with E-state index in [9.17, 15) is 10.1 Å². The molecule has 10 nitrogen and oxygen atoms in total. The molecule has 0 aliphatic carbocycles. The summed E-state index contributed by atoms with van der Waals surface area (Å²) in [6.45, 7) is 7.10. The van der Waals surface area contributed by atoms with Gasteiger partial charge in [0.05, 0.1) is 10.4 Å². The Morgan fingerprint density at radius 3 is 2.69 bits per heavy atom. The highest BCUT2D eigenvalue weighted by Gasteiger charge is 2.25. The average Bonchev–Trinajstić information content (AvgIpc) is 3.30. The third kappa shape index (κ3) is 3.84. The quantitative estimate of drug-likeness (QED) is 0.461. The monoisotopic (exact) mass is 436 g/mol. The molecule has 1 N–H and O–H groups in total. The summed E-state index contributed by atoms with van der Waals surface area (Å²) >= 11 is 0. The zero-order valence-corrected chi connectivity index (χ0v) is 17.8. The molecular formula is C22H24N6O4. The van der Waals surface area contributed by atoms with E-state index < -0.39 is 0 Å². The van der Waals surface area contributed by atoms with Crippen molar-refractivity contribution in [2.75, 3.05) is 49.7 Å². The third-order valence-corrected chi connectivity index (χ3v) is 5.99. The molecular weight excluding hydrogens is 412 g/mol. The average molecular weight is 436 g/mol. The molecule has 0 amide bonds. The standard InChI is InChI=1S/C22H24N6O4/c1-2-26-5-7-27(8-6-26)18-11-17-16(10-19(18)28(29)30)22(25-13-24-17)23-12-15-3-4-20-21(9-15)32-14-31-20/h3-4,9-11,13H,2,5-8,12,14H2,1H3,(H,23,24,25). The van der Waals surface area contributed by atoms with Crippen LogP contribution in [0.1, 0.15) is 12.5 Å². The van der Waals surface area contributed by atoms with Gasteiger partial charge in [0.15, 0.2) is 11.5 Å². The van der Waals surface area contributed by atoms with Crippen LogP contribution in [0.4, 0.5) is 17.2 Å². The van der Waals surface area contributed by atoms with Crippen LogP contribution in [-0.4, -0.2) is 59.3 Å². The van der Waals surface area contributed by atoms with Crippen molar-refractivity contribution in [3.63, 3.8) is 0 Å². The van der Waals surface area contributed by atoms with Crippen LogP contribution < -0.4 is 19.7 Å². The fraction of sp³-hybridized carbons (Fsp3) is 0.364. The number of nitrogens with zero attached hydrogens (tertiary/aromatic N) is 5. The maximum Gasteiger partial charge on any atom is 0.293 e. The number of hydrogen-bond acceptors (Lipinski definition) is 9. The molecule has 1 saturated heterocycles. The molecule has 0 unspecified atom stereocenters. The molecule has 3 heterocycles. The van der Waals surface area contributed by atoms with Gasteiger partial charge in [0.2, 0.25) is 6.79 Å². The first-order chi connectivity index (χ1) is 15.6. The van der Waals surface area contributed by atoms with Crippen LogP contribution in [0.5, 0.6) is 11.5 Å². The van der Waals surface area contributed by atoms with Crippen LogP contribution in [0.15, 0.2) is 36.7 Å². The van der Waals surface area contributed by atoms with Crippen LogP contribution in [0.2, 0.25) is 0 Å². The lowest BCUT2D eigenvalue weighted by Crippen LogP contribution is -2.46. The van der Waals surface area contributed by atoms with Gasteiger partial charge in [0.1, 0.15) is 17.8 Å². The van der Waals surface area contributed by atoms with E-state index in [1.807, 2.05) is 24.3 Å². The Balaban J connectivity index is 1.43. The second-order valence-corrected chi connectivity index (χ2v) is 7.80. The van der Waals surface area contributed by atoms with Crippen molar-refractivity contribution >= 4 is 28.1 Å². The molecule has 2 aliphatic rings. The van der Waals surface area contributed by atoms with E-state index >= 15 is 0 Å². The molecule has 0 spiro atoms. The summed E-state index contributed by atoms with van der Waals surface area (Å²) in [5.41, 5.74) is 2.34. The minimum Gasteiger partial charge on any atom is -0.454 e. The minimum absolute atomic E-state index is 0.0726. The van der Waals surface area contributed by atoms with E-state index in [0.29, 0.717) is 34.7 Å². The molecule has 2 aliphatic heterocycles. The number of anilines is 2. The number of fused-ring (bicyclic) bond motifs is 2. The lowest BCUT2D eigenvalue weighted by atomic mass is 10.1. The predicted molar refractivity (Wildman–Crippen MR) is 120 cm³/mol. The molecule has 1 fully saturated rings. The molecule has 0 atom stereocenters. The van der Waals surface area contributed by atoms with E-state index in [4.69, 9.17) is 9.47 Å². The van der Waals surface area contributed by atoms with E-state index in [1.54, 1.807) is 6.07 Å². The van der Waals surface area contributed by atoms with Gasteiger partial charge in [-0.15, -0.1) is 0 Å². The smallest absolute Gasteiger partial charge is 0.293 e. The summed E-state index contributed by atoms with van der Waals surface area (Å²) in [5, 5.41) is 15.8. The lowest BCUT2D eigenvalue weighted by molar-refractivity contribution is -0.384. The highest BCUT2D eigenvalue weighted by atomic mass is 16.7. The zero-order chi connectivity index (χ0) is 22.1. The second kappa shape index (κ2) is 8.46. The summed E-state index contributed by atoms with van der Waals surface area (Å²) < 4.78 is 10.8. The molecule has 1 aromatic heterocycles. The number of ether oxygens (including phenoxy) is 2. The van der Waals surface area contributed by atoms with Crippen molar-refractivity contribution in [1.82, 2.24) is 14.9 Å². The molecule has 166 valence electrons. The van der Waals surface area contributed by atoms with Crippen LogP contribution >= 0.6 is 0 Å². The maximum absolute atomic E-state index is 11.9. The Morgan fingerprint density at radius 1 is 1.09 bits per heavy atom. The van der Waals surface area contributed by atoms with Crippen LogP contribution in [-0.2, 0) is 6.54 Å². The summed E-state index contributed by atoms with van der Waals surface area (Å²) in [4.78, 5) is 24.7. The highest BCUT2D eigenvalue weighted by molar-refractivity contribution is 5.94.